The standard InChI is InChI=1S/C17H21ClN2O3S/c1-4-23-16(21)14-11(2)20(9-10-22-3)17(24)19-15(14)12-5-7-13(18)8-6-12/h5-8,15H,4,9-10H2,1-3H3,(H,19,24)/t15-/m0/s1. The number of carbonyl (C=O) groups excluding carboxylic acids is 1. The van der Waals surface area contributed by atoms with E-state index in [1.54, 1.807) is 26.2 Å². The van der Waals surface area contributed by atoms with Crippen molar-refractivity contribution in [3.63, 3.8) is 0 Å². The van der Waals surface area contributed by atoms with Gasteiger partial charge in [0.15, 0.2) is 5.11 Å². The van der Waals surface area contributed by atoms with Crippen LogP contribution in [0.2, 0.25) is 5.02 Å². The van der Waals surface area contributed by atoms with E-state index in [0.29, 0.717) is 35.5 Å². The molecule has 0 unspecified atom stereocenters. The number of thiocarbonyl (C=S) groups is 1. The lowest BCUT2D eigenvalue weighted by molar-refractivity contribution is -0.139. The lowest BCUT2D eigenvalue weighted by Gasteiger charge is -2.37. The number of rotatable bonds is 6. The zero-order valence-electron chi connectivity index (χ0n) is 14.0. The molecule has 0 spiro atoms. The summed E-state index contributed by atoms with van der Waals surface area (Å²) in [6.07, 6.45) is 0. The molecule has 1 atom stereocenters. The number of methoxy groups -OCH3 is 1. The third-order valence-electron chi connectivity index (χ3n) is 3.81. The summed E-state index contributed by atoms with van der Waals surface area (Å²) in [6, 6.07) is 6.96. The maximum atomic E-state index is 12.5. The van der Waals surface area contributed by atoms with Gasteiger partial charge in [0.2, 0.25) is 0 Å². The number of nitrogens with zero attached hydrogens (tertiary/aromatic N) is 1. The molecule has 0 aromatic heterocycles. The second-order valence-electron chi connectivity index (χ2n) is 5.30. The molecule has 0 fully saturated rings. The van der Waals surface area contributed by atoms with E-state index in [-0.39, 0.29) is 12.0 Å². The summed E-state index contributed by atoms with van der Waals surface area (Å²) in [5.41, 5.74) is 2.22. The summed E-state index contributed by atoms with van der Waals surface area (Å²) < 4.78 is 10.4. The normalized spacial score (nSPS) is 17.8. The molecular formula is C17H21ClN2O3S. The molecule has 1 aromatic rings. The minimum atomic E-state index is -0.368. The Labute approximate surface area is 152 Å². The molecule has 0 amide bonds. The van der Waals surface area contributed by atoms with Crippen LogP contribution in [0, 0.1) is 0 Å². The number of hydrogen-bond donors (Lipinski definition) is 1. The molecule has 0 saturated carbocycles. The summed E-state index contributed by atoms with van der Waals surface area (Å²) in [5, 5.41) is 4.42. The van der Waals surface area contributed by atoms with Crippen LogP contribution in [0.5, 0.6) is 0 Å². The predicted octanol–water partition coefficient (Wildman–Crippen LogP) is 3.05. The number of nitrogens with one attached hydrogen (secondary N) is 1. The Balaban J connectivity index is 2.45. The van der Waals surface area contributed by atoms with Crippen LogP contribution in [0.3, 0.4) is 0 Å². The molecule has 1 aliphatic heterocycles. The molecule has 0 saturated heterocycles. The largest absolute Gasteiger partial charge is 0.463 e. The van der Waals surface area contributed by atoms with E-state index in [1.807, 2.05) is 24.0 Å². The number of esters is 1. The van der Waals surface area contributed by atoms with Gasteiger partial charge in [-0.15, -0.1) is 0 Å². The number of hydrogen-bond acceptors (Lipinski definition) is 4. The number of ether oxygens (including phenoxy) is 2. The molecule has 130 valence electrons. The SMILES string of the molecule is CCOC(=O)C1=C(C)N(CCOC)C(=S)N[C@H]1c1ccc(Cl)cc1. The quantitative estimate of drug-likeness (QED) is 0.615. The molecule has 5 nitrogen and oxygen atoms in total. The highest BCUT2D eigenvalue weighted by Gasteiger charge is 2.34. The van der Waals surface area contributed by atoms with Crippen LogP contribution in [-0.4, -0.2) is 42.8 Å². The zero-order chi connectivity index (χ0) is 17.7. The van der Waals surface area contributed by atoms with E-state index < -0.39 is 0 Å². The van der Waals surface area contributed by atoms with Crippen molar-refractivity contribution in [2.75, 3.05) is 26.9 Å². The van der Waals surface area contributed by atoms with Gasteiger partial charge in [-0.25, -0.2) is 4.79 Å². The molecule has 1 aromatic carbocycles. The Bertz CT molecular complexity index is 646. The van der Waals surface area contributed by atoms with E-state index in [4.69, 9.17) is 33.3 Å². The molecule has 0 radical (unpaired) electrons. The molecule has 7 heteroatoms. The van der Waals surface area contributed by atoms with Crippen molar-refractivity contribution in [3.05, 3.63) is 46.1 Å². The molecule has 1 aliphatic rings. The van der Waals surface area contributed by atoms with Crippen LogP contribution < -0.4 is 5.32 Å². The number of allylic oxidation sites excluding steroid dienone is 1. The van der Waals surface area contributed by atoms with Crippen LogP contribution >= 0.6 is 23.8 Å². The van der Waals surface area contributed by atoms with Crippen molar-refractivity contribution in [2.45, 2.75) is 19.9 Å². The molecule has 1 N–H and O–H groups in total. The van der Waals surface area contributed by atoms with E-state index in [9.17, 15) is 4.79 Å². The van der Waals surface area contributed by atoms with Gasteiger partial charge >= 0.3 is 5.97 Å². The second kappa shape index (κ2) is 8.46. The fraction of sp³-hybridized carbons (Fsp3) is 0.412. The van der Waals surface area contributed by atoms with Gasteiger partial charge < -0.3 is 19.7 Å². The highest BCUT2D eigenvalue weighted by Crippen LogP contribution is 2.31. The zero-order valence-corrected chi connectivity index (χ0v) is 15.5. The molecule has 2 rings (SSSR count). The van der Waals surface area contributed by atoms with Crippen molar-refractivity contribution < 1.29 is 14.3 Å². The number of carbonyl (C=O) groups is 1. The van der Waals surface area contributed by atoms with Gasteiger partial charge in [-0.1, -0.05) is 23.7 Å². The van der Waals surface area contributed by atoms with Gasteiger partial charge in [-0.05, 0) is 43.8 Å². The maximum Gasteiger partial charge on any atom is 0.338 e. The minimum absolute atomic E-state index is 0.311. The van der Waals surface area contributed by atoms with Crippen LogP contribution in [0.25, 0.3) is 0 Å². The van der Waals surface area contributed by atoms with E-state index >= 15 is 0 Å². The van der Waals surface area contributed by atoms with E-state index in [1.165, 1.54) is 0 Å². The van der Waals surface area contributed by atoms with Crippen molar-refractivity contribution in [3.8, 4) is 0 Å². The third-order valence-corrected chi connectivity index (χ3v) is 4.40. The Morgan fingerprint density at radius 1 is 1.38 bits per heavy atom. The Hall–Kier alpha value is -1.63. The Morgan fingerprint density at radius 2 is 2.04 bits per heavy atom. The summed E-state index contributed by atoms with van der Waals surface area (Å²) in [7, 11) is 1.63. The Morgan fingerprint density at radius 3 is 2.62 bits per heavy atom. The van der Waals surface area contributed by atoms with Crippen LogP contribution in [-0.2, 0) is 14.3 Å². The first-order valence-electron chi connectivity index (χ1n) is 7.69. The smallest absolute Gasteiger partial charge is 0.338 e. The summed E-state index contributed by atoms with van der Waals surface area (Å²) in [4.78, 5) is 14.4. The molecular weight excluding hydrogens is 348 g/mol. The molecule has 0 aliphatic carbocycles. The first-order chi connectivity index (χ1) is 11.5. The van der Waals surface area contributed by atoms with Gasteiger partial charge in [0.1, 0.15) is 0 Å². The minimum Gasteiger partial charge on any atom is -0.463 e. The molecule has 24 heavy (non-hydrogen) atoms. The van der Waals surface area contributed by atoms with Crippen LogP contribution in [0.4, 0.5) is 0 Å². The maximum absolute atomic E-state index is 12.5. The number of benzene rings is 1. The number of halogens is 1. The van der Waals surface area contributed by atoms with Gasteiger partial charge in [0.05, 0.1) is 24.8 Å². The fourth-order valence-electron chi connectivity index (χ4n) is 2.61. The van der Waals surface area contributed by atoms with E-state index in [0.717, 1.165) is 11.3 Å². The van der Waals surface area contributed by atoms with Gasteiger partial charge in [0.25, 0.3) is 0 Å². The second-order valence-corrected chi connectivity index (χ2v) is 6.12. The highest BCUT2D eigenvalue weighted by molar-refractivity contribution is 7.80. The van der Waals surface area contributed by atoms with Gasteiger partial charge in [-0.3, -0.25) is 0 Å². The van der Waals surface area contributed by atoms with Crippen molar-refractivity contribution in [2.24, 2.45) is 0 Å². The van der Waals surface area contributed by atoms with Crippen molar-refractivity contribution >= 4 is 34.9 Å². The summed E-state index contributed by atoms with van der Waals surface area (Å²) >= 11 is 11.4. The van der Waals surface area contributed by atoms with Crippen LogP contribution in [0.15, 0.2) is 35.5 Å². The van der Waals surface area contributed by atoms with Gasteiger partial charge in [-0.2, -0.15) is 0 Å². The topological polar surface area (TPSA) is 50.8 Å². The highest BCUT2D eigenvalue weighted by atomic mass is 35.5. The average molecular weight is 369 g/mol. The molecule has 1 heterocycles. The third kappa shape index (κ3) is 4.06. The Kier molecular flexibility index (Phi) is 6.60. The van der Waals surface area contributed by atoms with Crippen molar-refractivity contribution in [1.82, 2.24) is 10.2 Å². The summed E-state index contributed by atoms with van der Waals surface area (Å²) in [6.45, 7) is 5.03. The monoisotopic (exact) mass is 368 g/mol. The van der Waals surface area contributed by atoms with Crippen LogP contribution in [0.1, 0.15) is 25.5 Å². The fourth-order valence-corrected chi connectivity index (χ4v) is 3.08. The first-order valence-corrected chi connectivity index (χ1v) is 8.48. The molecule has 0 bridgehead atoms. The average Bonchev–Trinajstić information content (AvgIpc) is 2.55. The predicted molar refractivity (Wildman–Crippen MR) is 97.8 cm³/mol. The summed E-state index contributed by atoms with van der Waals surface area (Å²) in [5.74, 6) is -0.354. The lowest BCUT2D eigenvalue weighted by Crippen LogP contribution is -2.48. The van der Waals surface area contributed by atoms with E-state index in [2.05, 4.69) is 5.32 Å². The van der Waals surface area contributed by atoms with Crippen molar-refractivity contribution in [1.29, 1.82) is 0 Å². The lowest BCUT2D eigenvalue weighted by atomic mass is 9.95. The van der Waals surface area contributed by atoms with Gasteiger partial charge in [0, 0.05) is 24.4 Å². The first kappa shape index (κ1) is 18.7.